The lowest BCUT2D eigenvalue weighted by Gasteiger charge is -2.39. The Morgan fingerprint density at radius 3 is 2.50 bits per heavy atom. The van der Waals surface area contributed by atoms with Gasteiger partial charge in [-0.1, -0.05) is 25.3 Å². The Bertz CT molecular complexity index is 1450. The Morgan fingerprint density at radius 2 is 1.81 bits per heavy atom. The topological polar surface area (TPSA) is 114 Å². The first-order valence-electron chi connectivity index (χ1n) is 14.8. The number of nitrogens with one attached hydrogen (secondary N) is 1. The van der Waals surface area contributed by atoms with Crippen LogP contribution in [0.5, 0.6) is 0 Å². The van der Waals surface area contributed by atoms with E-state index in [0.717, 1.165) is 31.4 Å². The molecule has 2 aliphatic rings. The molecule has 1 aliphatic heterocycles. The Hall–Kier alpha value is -4.46. The van der Waals surface area contributed by atoms with Gasteiger partial charge in [0.25, 0.3) is 0 Å². The van der Waals surface area contributed by atoms with Crippen LogP contribution in [0.3, 0.4) is 0 Å². The lowest BCUT2D eigenvalue weighted by Crippen LogP contribution is -2.50. The lowest BCUT2D eigenvalue weighted by molar-refractivity contribution is -0.161. The van der Waals surface area contributed by atoms with E-state index < -0.39 is 11.9 Å². The summed E-state index contributed by atoms with van der Waals surface area (Å²) in [4.78, 5) is 55.6. The molecular weight excluding hydrogens is 534 g/mol. The van der Waals surface area contributed by atoms with Gasteiger partial charge < -0.3 is 24.4 Å². The number of pyridine rings is 1. The average molecular weight is 572 g/mol. The van der Waals surface area contributed by atoms with Gasteiger partial charge >= 0.3 is 11.9 Å². The number of benzene rings is 1. The number of rotatable bonds is 8. The Morgan fingerprint density at radius 1 is 1.07 bits per heavy atom. The number of nitrogens with zero attached hydrogens (tertiary/aromatic N) is 6. The van der Waals surface area contributed by atoms with Crippen molar-refractivity contribution in [3.63, 3.8) is 0 Å². The fraction of sp³-hybridized carbons (Fsp3) is 0.484. The van der Waals surface area contributed by atoms with Crippen LogP contribution >= 0.6 is 0 Å². The van der Waals surface area contributed by atoms with Gasteiger partial charge in [0.1, 0.15) is 12.4 Å². The number of hydrogen-bond acceptors (Lipinski definition) is 7. The number of imidazole rings is 1. The predicted octanol–water partition coefficient (Wildman–Crippen LogP) is 3.99. The molecule has 11 heteroatoms. The molecule has 0 radical (unpaired) electrons. The Labute approximate surface area is 245 Å². The molecule has 1 aromatic carbocycles. The van der Waals surface area contributed by atoms with Crippen LogP contribution in [0, 0.1) is 6.57 Å². The molecule has 1 saturated heterocycles. The molecular formula is C31H37N7O4. The maximum Gasteiger partial charge on any atom is 0.397 e. The van der Waals surface area contributed by atoms with Crippen molar-refractivity contribution in [1.82, 2.24) is 24.8 Å². The van der Waals surface area contributed by atoms with Gasteiger partial charge in [0.15, 0.2) is 5.69 Å². The molecule has 5 rings (SSSR count). The summed E-state index contributed by atoms with van der Waals surface area (Å²) in [5, 5.41) is 3.17. The molecule has 2 amide bonds. The number of esters is 1. The van der Waals surface area contributed by atoms with Gasteiger partial charge in [-0.25, -0.2) is 14.6 Å². The standard InChI is InChI=1S/C31H37N7O4/c1-3-42-31(41)30(40)37(25-13-17-36(18-14-25)24-11-15-33-16-12-24)20-28-35-26-19-23(32-2)9-10-27(26)38(28)21-29(39)34-22-7-5-4-6-8-22/h9-12,15-16,19,22,25H,3-8,13-14,17-18,20-21H2,1H3,(H,34,39). The molecule has 42 heavy (non-hydrogen) atoms. The maximum absolute atomic E-state index is 13.5. The molecule has 11 nitrogen and oxygen atoms in total. The normalized spacial score (nSPS) is 16.1. The van der Waals surface area contributed by atoms with Gasteiger partial charge in [0, 0.05) is 43.3 Å². The summed E-state index contributed by atoms with van der Waals surface area (Å²) < 4.78 is 6.90. The van der Waals surface area contributed by atoms with Crippen LogP contribution in [0.25, 0.3) is 15.9 Å². The summed E-state index contributed by atoms with van der Waals surface area (Å²) in [5.74, 6) is -1.25. The molecule has 0 unspecified atom stereocenters. The van der Waals surface area contributed by atoms with Gasteiger partial charge in [0.05, 0.1) is 30.8 Å². The van der Waals surface area contributed by atoms with Crippen molar-refractivity contribution in [3.05, 3.63) is 60.0 Å². The van der Waals surface area contributed by atoms with Crippen LogP contribution in [0.2, 0.25) is 0 Å². The largest absolute Gasteiger partial charge is 0.459 e. The fourth-order valence-electron chi connectivity index (χ4n) is 6.02. The first-order valence-corrected chi connectivity index (χ1v) is 14.8. The van der Waals surface area contributed by atoms with Crippen LogP contribution in [-0.4, -0.2) is 69.0 Å². The van der Waals surface area contributed by atoms with Crippen LogP contribution in [0.15, 0.2) is 42.7 Å². The third-order valence-electron chi connectivity index (χ3n) is 8.17. The lowest BCUT2D eigenvalue weighted by atomic mass is 9.95. The second-order valence-electron chi connectivity index (χ2n) is 10.9. The average Bonchev–Trinajstić information content (AvgIpc) is 3.36. The van der Waals surface area contributed by atoms with Crippen molar-refractivity contribution in [2.24, 2.45) is 0 Å². The van der Waals surface area contributed by atoms with Crippen LogP contribution in [0.4, 0.5) is 11.4 Å². The molecule has 2 fully saturated rings. The van der Waals surface area contributed by atoms with Gasteiger partial charge in [-0.15, -0.1) is 0 Å². The molecule has 1 aliphatic carbocycles. The molecule has 3 aromatic rings. The second kappa shape index (κ2) is 13.5. The molecule has 3 heterocycles. The minimum Gasteiger partial charge on any atom is -0.459 e. The van der Waals surface area contributed by atoms with Crippen molar-refractivity contribution < 1.29 is 19.1 Å². The van der Waals surface area contributed by atoms with Crippen molar-refractivity contribution in [1.29, 1.82) is 0 Å². The monoisotopic (exact) mass is 571 g/mol. The third-order valence-corrected chi connectivity index (χ3v) is 8.17. The summed E-state index contributed by atoms with van der Waals surface area (Å²) in [6.07, 6.45) is 10.2. The van der Waals surface area contributed by atoms with Gasteiger partial charge in [-0.3, -0.25) is 14.6 Å². The number of piperidine rings is 1. The van der Waals surface area contributed by atoms with E-state index in [0.29, 0.717) is 48.5 Å². The zero-order valence-corrected chi connectivity index (χ0v) is 24.0. The number of carbonyl (C=O) groups excluding carboxylic acids is 3. The highest BCUT2D eigenvalue weighted by molar-refractivity contribution is 6.32. The number of aromatic nitrogens is 3. The molecule has 1 N–H and O–H groups in total. The van der Waals surface area contributed by atoms with Crippen molar-refractivity contribution in [3.8, 4) is 0 Å². The maximum atomic E-state index is 13.5. The summed E-state index contributed by atoms with van der Waals surface area (Å²) in [5.41, 5.74) is 2.77. The quantitative estimate of drug-likeness (QED) is 0.247. The van der Waals surface area contributed by atoms with Crippen LogP contribution < -0.4 is 10.2 Å². The van der Waals surface area contributed by atoms with Gasteiger partial charge in [-0.05, 0) is 56.9 Å². The van der Waals surface area contributed by atoms with Crippen LogP contribution in [-0.2, 0) is 32.2 Å². The first kappa shape index (κ1) is 29.0. The van der Waals surface area contributed by atoms with E-state index in [4.69, 9.17) is 16.3 Å². The molecule has 0 bridgehead atoms. The number of carbonyl (C=O) groups is 3. The summed E-state index contributed by atoms with van der Waals surface area (Å²) in [7, 11) is 0. The highest BCUT2D eigenvalue weighted by Crippen LogP contribution is 2.27. The zero-order valence-electron chi connectivity index (χ0n) is 24.0. The van der Waals surface area contributed by atoms with E-state index in [1.165, 1.54) is 6.42 Å². The SMILES string of the molecule is [C-]#[N+]c1ccc2c(c1)nc(CN(C(=O)C(=O)OCC)C1CCN(c3ccncc3)CC1)n2CC(=O)NC1CCCCC1. The van der Waals surface area contributed by atoms with Crippen molar-refractivity contribution >= 4 is 40.2 Å². The van der Waals surface area contributed by atoms with Gasteiger partial charge in [-0.2, -0.15) is 0 Å². The number of amides is 2. The summed E-state index contributed by atoms with van der Waals surface area (Å²) in [6.45, 7) is 10.7. The van der Waals surface area contributed by atoms with E-state index in [1.54, 1.807) is 47.0 Å². The molecule has 1 saturated carbocycles. The fourth-order valence-corrected chi connectivity index (χ4v) is 6.02. The Kier molecular flexibility index (Phi) is 9.31. The Balaban J connectivity index is 1.42. The molecule has 0 atom stereocenters. The number of fused-ring (bicyclic) bond motifs is 1. The predicted molar refractivity (Wildman–Crippen MR) is 158 cm³/mol. The smallest absolute Gasteiger partial charge is 0.397 e. The zero-order chi connectivity index (χ0) is 29.5. The number of anilines is 1. The second-order valence-corrected chi connectivity index (χ2v) is 10.9. The van der Waals surface area contributed by atoms with Crippen molar-refractivity contribution in [2.75, 3.05) is 24.6 Å². The van der Waals surface area contributed by atoms with E-state index >= 15 is 0 Å². The van der Waals surface area contributed by atoms with Crippen LogP contribution in [0.1, 0.15) is 57.7 Å². The highest BCUT2D eigenvalue weighted by atomic mass is 16.5. The molecule has 2 aromatic heterocycles. The molecule has 220 valence electrons. The van der Waals surface area contributed by atoms with E-state index in [9.17, 15) is 14.4 Å². The van der Waals surface area contributed by atoms with Crippen molar-refractivity contribution in [2.45, 2.75) is 77.0 Å². The minimum absolute atomic E-state index is 0.0294. The number of hydrogen-bond donors (Lipinski definition) is 1. The molecule has 0 spiro atoms. The first-order chi connectivity index (χ1) is 20.5. The number of ether oxygens (including phenoxy) is 1. The van der Waals surface area contributed by atoms with E-state index in [1.807, 2.05) is 12.1 Å². The minimum atomic E-state index is -0.901. The third kappa shape index (κ3) is 6.70. The highest BCUT2D eigenvalue weighted by Gasteiger charge is 2.34. The summed E-state index contributed by atoms with van der Waals surface area (Å²) >= 11 is 0. The van der Waals surface area contributed by atoms with Gasteiger partial charge in [0.2, 0.25) is 5.91 Å². The van der Waals surface area contributed by atoms with E-state index in [2.05, 4.69) is 20.0 Å². The van der Waals surface area contributed by atoms with E-state index in [-0.39, 0.29) is 37.7 Å². The summed E-state index contributed by atoms with van der Waals surface area (Å²) in [6, 6.07) is 9.03.